The number of halogens is 6. The van der Waals surface area contributed by atoms with Crippen LogP contribution in [-0.2, 0) is 16.4 Å². The number of hydrogen-bond acceptors (Lipinski definition) is 6. The van der Waals surface area contributed by atoms with Crippen LogP contribution in [0.25, 0.3) is 0 Å². The molecule has 2 aromatic heterocycles. The molecular weight excluding hydrogens is 601 g/mol. The van der Waals surface area contributed by atoms with Crippen LogP contribution < -0.4 is 15.1 Å². The summed E-state index contributed by atoms with van der Waals surface area (Å²) in [6.07, 6.45) is -3.70. The van der Waals surface area contributed by atoms with Gasteiger partial charge >= 0.3 is 6.18 Å². The fraction of sp³-hybridized carbons (Fsp3) is 0.429. The Morgan fingerprint density at radius 2 is 1.88 bits per heavy atom. The van der Waals surface area contributed by atoms with E-state index < -0.39 is 35.3 Å². The van der Waals surface area contributed by atoms with Gasteiger partial charge in [-0.25, -0.2) is 13.8 Å². The molecule has 4 heterocycles. The van der Waals surface area contributed by atoms with Gasteiger partial charge in [0.05, 0.1) is 10.6 Å². The number of carbonyl (C=O) groups is 2. The molecule has 1 N–H and O–H groups in total. The van der Waals surface area contributed by atoms with Gasteiger partial charge in [0.1, 0.15) is 11.1 Å². The third-order valence-corrected chi connectivity index (χ3v) is 9.41. The van der Waals surface area contributed by atoms with Crippen molar-refractivity contribution in [3.63, 3.8) is 0 Å². The molecule has 2 fully saturated rings. The average molecular weight is 626 g/mol. The van der Waals surface area contributed by atoms with Crippen LogP contribution in [-0.4, -0.2) is 47.5 Å². The first kappa shape index (κ1) is 28.8. The summed E-state index contributed by atoms with van der Waals surface area (Å²) in [4.78, 5) is 37.4. The van der Waals surface area contributed by atoms with Gasteiger partial charge in [-0.1, -0.05) is 29.8 Å². The molecule has 1 saturated heterocycles. The minimum Gasteiger partial charge on any atom is -0.349 e. The normalized spacial score (nSPS) is 21.5. The van der Waals surface area contributed by atoms with Crippen molar-refractivity contribution >= 4 is 45.6 Å². The zero-order valence-corrected chi connectivity index (χ0v) is 23.6. The number of pyridine rings is 1. The van der Waals surface area contributed by atoms with Crippen LogP contribution >= 0.6 is 22.9 Å². The van der Waals surface area contributed by atoms with E-state index in [1.165, 1.54) is 6.07 Å². The summed E-state index contributed by atoms with van der Waals surface area (Å²) >= 11 is 6.79. The largest absolute Gasteiger partial charge is 0.434 e. The lowest BCUT2D eigenvalue weighted by molar-refractivity contribution is -0.140. The molecule has 2 aliphatic heterocycles. The number of benzene rings is 1. The number of nitrogens with one attached hydrogen (secondary N) is 1. The van der Waals surface area contributed by atoms with Crippen LogP contribution in [0.4, 0.5) is 32.8 Å². The molecule has 0 atom stereocenters. The summed E-state index contributed by atoms with van der Waals surface area (Å²) in [7, 11) is 0. The van der Waals surface area contributed by atoms with E-state index in [9.17, 15) is 31.5 Å². The Kier molecular flexibility index (Phi) is 7.37. The van der Waals surface area contributed by atoms with E-state index in [4.69, 9.17) is 11.6 Å². The van der Waals surface area contributed by atoms with Crippen molar-refractivity contribution in [3.05, 3.63) is 69.4 Å². The number of thiazole rings is 1. The fourth-order valence-corrected chi connectivity index (χ4v) is 7.17. The molecule has 3 aromatic rings. The Hall–Kier alpha value is -3.32. The monoisotopic (exact) mass is 625 g/mol. The number of alkyl halides is 5. The Bertz CT molecular complexity index is 1520. The van der Waals surface area contributed by atoms with E-state index in [1.54, 1.807) is 9.80 Å². The molecule has 0 radical (unpaired) electrons. The second kappa shape index (κ2) is 10.7. The Morgan fingerprint density at radius 1 is 1.17 bits per heavy atom. The lowest BCUT2D eigenvalue weighted by Gasteiger charge is -2.47. The Balaban J connectivity index is 1.09. The molecule has 42 heavy (non-hydrogen) atoms. The minimum atomic E-state index is -4.52. The van der Waals surface area contributed by atoms with Gasteiger partial charge in [0, 0.05) is 42.9 Å². The van der Waals surface area contributed by atoms with Crippen molar-refractivity contribution in [3.8, 4) is 0 Å². The van der Waals surface area contributed by atoms with Crippen molar-refractivity contribution < 1.29 is 31.5 Å². The van der Waals surface area contributed by atoms with E-state index in [2.05, 4.69) is 15.3 Å². The van der Waals surface area contributed by atoms with Crippen molar-refractivity contribution in [2.75, 3.05) is 29.4 Å². The van der Waals surface area contributed by atoms with Crippen molar-refractivity contribution in [2.45, 2.75) is 49.7 Å². The predicted molar refractivity (Wildman–Crippen MR) is 147 cm³/mol. The molecular formula is C28H25ClF5N5O2S. The van der Waals surface area contributed by atoms with Crippen LogP contribution in [0, 0.1) is 5.92 Å². The zero-order chi connectivity index (χ0) is 29.8. The number of aromatic nitrogens is 2. The zero-order valence-electron chi connectivity index (χ0n) is 22.0. The maximum atomic E-state index is 13.8. The third-order valence-electron chi connectivity index (χ3n) is 8.30. The van der Waals surface area contributed by atoms with E-state index in [0.717, 1.165) is 34.2 Å². The van der Waals surface area contributed by atoms with E-state index in [0.29, 0.717) is 32.2 Å². The van der Waals surface area contributed by atoms with E-state index in [1.807, 2.05) is 24.3 Å². The van der Waals surface area contributed by atoms with Crippen LogP contribution in [0.5, 0.6) is 0 Å². The Labute approximate surface area is 246 Å². The molecule has 2 amide bonds. The van der Waals surface area contributed by atoms with Gasteiger partial charge in [0.25, 0.3) is 12.3 Å². The minimum absolute atomic E-state index is 0.0732. The summed E-state index contributed by atoms with van der Waals surface area (Å²) in [5.74, 6) is -0.568. The van der Waals surface area contributed by atoms with E-state index in [-0.39, 0.29) is 46.7 Å². The Morgan fingerprint density at radius 3 is 2.55 bits per heavy atom. The smallest absolute Gasteiger partial charge is 0.349 e. The van der Waals surface area contributed by atoms with Gasteiger partial charge in [-0.2, -0.15) is 13.2 Å². The standard InChI is InChI=1S/C28H25ClF5N5O2S/c29-16-9-18(22(23(30)31)35-10-16)24(40)36-17-7-5-15(6-8-17)11-39-20-4-2-1-3-19(20)27(25(39)41)13-38(14-27)26-37-21(12-42-26)28(32,33)34/h1-4,9-10,12,15,17,23H,5-8,11,13-14H2,(H,36,40)/t15-,17-. The van der Waals surface area contributed by atoms with Gasteiger partial charge in [-0.3, -0.25) is 14.6 Å². The van der Waals surface area contributed by atoms with Crippen molar-refractivity contribution in [2.24, 2.45) is 5.92 Å². The maximum Gasteiger partial charge on any atom is 0.434 e. The summed E-state index contributed by atoms with van der Waals surface area (Å²) in [5.41, 5.74) is -0.958. The lowest BCUT2D eigenvalue weighted by atomic mass is 9.75. The van der Waals surface area contributed by atoms with Crippen LogP contribution in [0.3, 0.4) is 0 Å². The molecule has 0 unspecified atom stereocenters. The van der Waals surface area contributed by atoms with Gasteiger partial charge in [0.2, 0.25) is 5.91 Å². The number of anilines is 2. The quantitative estimate of drug-likeness (QED) is 0.328. The number of nitrogens with zero attached hydrogens (tertiary/aromatic N) is 4. The van der Waals surface area contributed by atoms with E-state index >= 15 is 0 Å². The van der Waals surface area contributed by atoms with Crippen LogP contribution in [0.15, 0.2) is 41.9 Å². The fourth-order valence-electron chi connectivity index (χ4n) is 6.18. The van der Waals surface area contributed by atoms with Crippen molar-refractivity contribution in [1.82, 2.24) is 15.3 Å². The molecule has 1 aromatic carbocycles. The first-order valence-corrected chi connectivity index (χ1v) is 14.7. The molecule has 1 spiro atoms. The highest BCUT2D eigenvalue weighted by Gasteiger charge is 2.58. The highest BCUT2D eigenvalue weighted by atomic mass is 35.5. The number of fused-ring (bicyclic) bond motifs is 2. The molecule has 7 nitrogen and oxygen atoms in total. The first-order chi connectivity index (χ1) is 20.0. The van der Waals surface area contributed by atoms with Crippen LogP contribution in [0.2, 0.25) is 5.02 Å². The lowest BCUT2D eigenvalue weighted by Crippen LogP contribution is -2.64. The van der Waals surface area contributed by atoms with Crippen molar-refractivity contribution in [1.29, 1.82) is 0 Å². The summed E-state index contributed by atoms with van der Waals surface area (Å²) in [6, 6.07) is 8.48. The second-order valence-electron chi connectivity index (χ2n) is 11.0. The number of para-hydroxylation sites is 1. The molecule has 222 valence electrons. The molecule has 3 aliphatic rings. The van der Waals surface area contributed by atoms with Gasteiger partial charge in [0.15, 0.2) is 10.8 Å². The van der Waals surface area contributed by atoms with Gasteiger partial charge in [-0.15, -0.1) is 11.3 Å². The third kappa shape index (κ3) is 5.10. The maximum absolute atomic E-state index is 13.8. The van der Waals surface area contributed by atoms with Gasteiger partial charge < -0.3 is 15.1 Å². The summed E-state index contributed by atoms with van der Waals surface area (Å²) < 4.78 is 65.8. The summed E-state index contributed by atoms with van der Waals surface area (Å²) in [5, 5.41) is 4.15. The number of hydrogen-bond donors (Lipinski definition) is 1. The summed E-state index contributed by atoms with van der Waals surface area (Å²) in [6.45, 7) is 0.977. The predicted octanol–water partition coefficient (Wildman–Crippen LogP) is 6.24. The molecule has 6 rings (SSSR count). The number of amides is 2. The number of carbonyl (C=O) groups excluding carboxylic acids is 2. The van der Waals surface area contributed by atoms with Crippen LogP contribution in [0.1, 0.15) is 59.4 Å². The SMILES string of the molecule is O=C(N[C@H]1CC[C@H](CN2C(=O)C3(CN(c4nc(C(F)(F)F)cs4)C3)c3ccccc32)CC1)c1cc(Cl)cnc1C(F)F. The average Bonchev–Trinajstić information content (AvgIpc) is 3.51. The number of rotatable bonds is 6. The van der Waals surface area contributed by atoms with Gasteiger partial charge in [-0.05, 0) is 49.3 Å². The molecule has 0 bridgehead atoms. The molecule has 14 heteroatoms. The second-order valence-corrected chi connectivity index (χ2v) is 12.2. The highest BCUT2D eigenvalue weighted by Crippen LogP contribution is 2.50. The molecule has 1 aliphatic carbocycles. The first-order valence-electron chi connectivity index (χ1n) is 13.4. The topological polar surface area (TPSA) is 78.4 Å². The molecule has 1 saturated carbocycles. The highest BCUT2D eigenvalue weighted by molar-refractivity contribution is 7.13.